The third kappa shape index (κ3) is 4.91. The molecule has 0 bridgehead atoms. The Balaban J connectivity index is 1.37. The Labute approximate surface area is 265 Å². The zero-order valence-corrected chi connectivity index (χ0v) is 26.0. The van der Waals surface area contributed by atoms with E-state index in [9.17, 15) is 9.59 Å². The zero-order valence-electron chi connectivity index (χ0n) is 23.7. The summed E-state index contributed by atoms with van der Waals surface area (Å²) in [5, 5.41) is 2.00. The number of allylic oxidation sites excluding steroid dienone is 1. The maximum absolute atomic E-state index is 14.2. The lowest BCUT2D eigenvalue weighted by Crippen LogP contribution is -2.39. The van der Waals surface area contributed by atoms with E-state index in [0.29, 0.717) is 54.3 Å². The summed E-state index contributed by atoms with van der Waals surface area (Å²) in [6.07, 6.45) is 3.91. The average Bonchev–Trinajstić information content (AvgIpc) is 3.70. The average molecular weight is 647 g/mol. The number of hydrogen-bond donors (Lipinski definition) is 0. The fraction of sp³-hybridized carbons (Fsp3) is 0.182. The van der Waals surface area contributed by atoms with Gasteiger partial charge in [-0.25, -0.2) is 9.79 Å². The molecule has 44 heavy (non-hydrogen) atoms. The monoisotopic (exact) mass is 645 g/mol. The first kappa shape index (κ1) is 28.5. The van der Waals surface area contributed by atoms with Crippen LogP contribution >= 0.6 is 34.5 Å². The Kier molecular flexibility index (Phi) is 7.32. The molecule has 2 aliphatic heterocycles. The molecule has 7 rings (SSSR count). The van der Waals surface area contributed by atoms with Crippen molar-refractivity contribution in [2.45, 2.75) is 26.4 Å². The van der Waals surface area contributed by atoms with Gasteiger partial charge < -0.3 is 18.8 Å². The minimum absolute atomic E-state index is 0.111. The molecule has 0 aliphatic carbocycles. The van der Waals surface area contributed by atoms with Crippen LogP contribution in [0.2, 0.25) is 10.0 Å². The van der Waals surface area contributed by atoms with Gasteiger partial charge in [-0.05, 0) is 61.4 Å². The molecule has 3 aromatic carbocycles. The predicted molar refractivity (Wildman–Crippen MR) is 170 cm³/mol. The van der Waals surface area contributed by atoms with Gasteiger partial charge in [-0.1, -0.05) is 64.9 Å². The molecule has 5 aromatic rings. The summed E-state index contributed by atoms with van der Waals surface area (Å²) in [7, 11) is 0. The lowest BCUT2D eigenvalue weighted by molar-refractivity contribution is -0.139. The number of nitrogens with zero attached hydrogens (tertiary/aromatic N) is 3. The molecular formula is C33H25Cl2N3O5S. The van der Waals surface area contributed by atoms with Crippen molar-refractivity contribution >= 4 is 57.5 Å². The molecule has 2 aromatic heterocycles. The van der Waals surface area contributed by atoms with Crippen LogP contribution in [0, 0.1) is 0 Å². The van der Waals surface area contributed by atoms with Crippen molar-refractivity contribution in [1.29, 1.82) is 0 Å². The maximum Gasteiger partial charge on any atom is 0.338 e. The normalized spacial score (nSPS) is 15.9. The fourth-order valence-electron chi connectivity index (χ4n) is 5.69. The van der Waals surface area contributed by atoms with Gasteiger partial charge in [0.2, 0.25) is 6.79 Å². The Morgan fingerprint density at radius 2 is 1.91 bits per heavy atom. The molecule has 0 fully saturated rings. The van der Waals surface area contributed by atoms with Crippen LogP contribution < -0.4 is 24.4 Å². The molecule has 8 nitrogen and oxygen atoms in total. The van der Waals surface area contributed by atoms with Gasteiger partial charge in [-0.3, -0.25) is 9.36 Å². The first-order chi connectivity index (χ1) is 21.3. The van der Waals surface area contributed by atoms with Crippen LogP contribution in [-0.4, -0.2) is 28.5 Å². The molecule has 0 amide bonds. The van der Waals surface area contributed by atoms with Crippen molar-refractivity contribution in [2.24, 2.45) is 4.99 Å². The molecule has 0 saturated carbocycles. The summed E-state index contributed by atoms with van der Waals surface area (Å²) in [6.45, 7) is 4.38. The summed E-state index contributed by atoms with van der Waals surface area (Å²) >= 11 is 13.7. The molecule has 0 saturated heterocycles. The molecule has 4 heterocycles. The Morgan fingerprint density at radius 3 is 2.73 bits per heavy atom. The van der Waals surface area contributed by atoms with Crippen molar-refractivity contribution in [3.8, 4) is 11.5 Å². The summed E-state index contributed by atoms with van der Waals surface area (Å²) in [6, 6.07) is 18.3. The van der Waals surface area contributed by atoms with Gasteiger partial charge in [0.25, 0.3) is 5.56 Å². The summed E-state index contributed by atoms with van der Waals surface area (Å²) in [5.74, 6) is 0.644. The highest BCUT2D eigenvalue weighted by Crippen LogP contribution is 2.38. The number of halogens is 2. The van der Waals surface area contributed by atoms with Gasteiger partial charge in [-0.15, -0.1) is 0 Å². The number of hydrogen-bond acceptors (Lipinski definition) is 7. The van der Waals surface area contributed by atoms with Crippen LogP contribution in [0.1, 0.15) is 36.6 Å². The Bertz CT molecular complexity index is 2200. The van der Waals surface area contributed by atoms with Gasteiger partial charge in [0.15, 0.2) is 16.3 Å². The van der Waals surface area contributed by atoms with E-state index in [0.717, 1.165) is 22.0 Å². The third-order valence-electron chi connectivity index (χ3n) is 7.67. The number of ether oxygens (including phenoxy) is 3. The maximum atomic E-state index is 14.2. The number of thiazole rings is 1. The highest BCUT2D eigenvalue weighted by molar-refractivity contribution is 7.07. The van der Waals surface area contributed by atoms with Crippen LogP contribution in [0.5, 0.6) is 11.5 Å². The SMILES string of the molecule is CCOC(=O)C1=C(C)N=c2s/c(=C/c3cn(Cc4ccc(Cl)c(Cl)c4)c4ccccc34)c(=O)n2C1c1ccc2c(c1)OCO2. The van der Waals surface area contributed by atoms with E-state index >= 15 is 0 Å². The van der Waals surface area contributed by atoms with E-state index in [1.165, 1.54) is 11.3 Å². The van der Waals surface area contributed by atoms with Gasteiger partial charge in [0.05, 0.1) is 38.5 Å². The second-order valence-corrected chi connectivity index (χ2v) is 12.2. The Hall–Kier alpha value is -4.31. The quantitative estimate of drug-likeness (QED) is 0.217. The lowest BCUT2D eigenvalue weighted by atomic mass is 9.95. The largest absolute Gasteiger partial charge is 0.463 e. The van der Waals surface area contributed by atoms with Crippen molar-refractivity contribution in [1.82, 2.24) is 9.13 Å². The van der Waals surface area contributed by atoms with Crippen molar-refractivity contribution in [2.75, 3.05) is 13.4 Å². The van der Waals surface area contributed by atoms with Gasteiger partial charge >= 0.3 is 5.97 Å². The third-order valence-corrected chi connectivity index (χ3v) is 9.39. The van der Waals surface area contributed by atoms with Crippen LogP contribution in [0.15, 0.2) is 87.9 Å². The van der Waals surface area contributed by atoms with Crippen molar-refractivity contribution < 1.29 is 19.0 Å². The number of fused-ring (bicyclic) bond motifs is 3. The molecular weight excluding hydrogens is 621 g/mol. The van der Waals surface area contributed by atoms with E-state index in [-0.39, 0.29) is 19.0 Å². The lowest BCUT2D eigenvalue weighted by Gasteiger charge is -2.24. The summed E-state index contributed by atoms with van der Waals surface area (Å²) in [5.41, 5.74) is 4.13. The molecule has 0 N–H and O–H groups in total. The van der Waals surface area contributed by atoms with Gasteiger partial charge in [0.1, 0.15) is 0 Å². The van der Waals surface area contributed by atoms with Crippen LogP contribution in [0.25, 0.3) is 17.0 Å². The number of benzene rings is 3. The minimum Gasteiger partial charge on any atom is -0.463 e. The summed E-state index contributed by atoms with van der Waals surface area (Å²) in [4.78, 5) is 32.6. The topological polar surface area (TPSA) is 84.1 Å². The fourth-order valence-corrected chi connectivity index (χ4v) is 7.05. The van der Waals surface area contributed by atoms with Gasteiger partial charge in [0, 0.05) is 29.2 Å². The smallest absolute Gasteiger partial charge is 0.338 e. The van der Waals surface area contributed by atoms with Crippen molar-refractivity contribution in [3.63, 3.8) is 0 Å². The first-order valence-corrected chi connectivity index (χ1v) is 15.5. The van der Waals surface area contributed by atoms with Crippen LogP contribution in [0.3, 0.4) is 0 Å². The standard InChI is InChI=1S/C33H25Cl2N3O5S/c1-3-41-32(40)29-18(2)36-33-38(30(29)20-9-11-26-27(13-20)43-17-42-26)31(39)28(44-33)14-21-16-37(25-7-5-4-6-22(21)25)15-19-8-10-23(34)24(35)12-19/h4-14,16,30H,3,15,17H2,1-2H3/b28-14+. The van der Waals surface area contributed by atoms with E-state index in [1.807, 2.05) is 54.7 Å². The number of esters is 1. The van der Waals surface area contributed by atoms with E-state index in [2.05, 4.69) is 4.57 Å². The summed E-state index contributed by atoms with van der Waals surface area (Å²) < 4.78 is 20.7. The second-order valence-electron chi connectivity index (χ2n) is 10.4. The number of carbonyl (C=O) groups excluding carboxylic acids is 1. The van der Waals surface area contributed by atoms with Crippen LogP contribution in [-0.2, 0) is 16.1 Å². The highest BCUT2D eigenvalue weighted by atomic mass is 35.5. The first-order valence-electron chi connectivity index (χ1n) is 13.9. The number of para-hydroxylation sites is 1. The number of rotatable bonds is 6. The predicted octanol–water partition coefficient (Wildman–Crippen LogP) is 5.84. The van der Waals surface area contributed by atoms with E-state index in [1.54, 1.807) is 36.6 Å². The molecule has 2 aliphatic rings. The van der Waals surface area contributed by atoms with Crippen LogP contribution in [0.4, 0.5) is 0 Å². The van der Waals surface area contributed by atoms with E-state index < -0.39 is 12.0 Å². The zero-order chi connectivity index (χ0) is 30.5. The minimum atomic E-state index is -0.752. The molecule has 0 radical (unpaired) electrons. The Morgan fingerprint density at radius 1 is 1.09 bits per heavy atom. The van der Waals surface area contributed by atoms with E-state index in [4.69, 9.17) is 42.4 Å². The molecule has 222 valence electrons. The second kappa shape index (κ2) is 11.3. The molecule has 1 unspecified atom stereocenters. The van der Waals surface area contributed by atoms with Crippen molar-refractivity contribution in [3.05, 3.63) is 125 Å². The number of carbonyl (C=O) groups is 1. The highest BCUT2D eigenvalue weighted by Gasteiger charge is 2.34. The molecule has 1 atom stereocenters. The molecule has 11 heteroatoms. The number of aromatic nitrogens is 2. The van der Waals surface area contributed by atoms with Gasteiger partial charge in [-0.2, -0.15) is 0 Å². The molecule has 0 spiro atoms.